The van der Waals surface area contributed by atoms with Crippen LogP contribution in [0.3, 0.4) is 0 Å². The number of nitrogens with zero attached hydrogens (tertiary/aromatic N) is 1. The van der Waals surface area contributed by atoms with Gasteiger partial charge in [-0.05, 0) is 29.8 Å². The molecule has 0 radical (unpaired) electrons. The van der Waals surface area contributed by atoms with E-state index in [1.165, 1.54) is 38.4 Å². The third kappa shape index (κ3) is 3.97. The molecule has 0 spiro atoms. The van der Waals surface area contributed by atoms with Crippen molar-refractivity contribution < 1.29 is 28.2 Å². The molecule has 1 aliphatic heterocycles. The Kier molecular flexibility index (Phi) is 5.94. The number of esters is 2. The Morgan fingerprint density at radius 1 is 1.03 bits per heavy atom. The summed E-state index contributed by atoms with van der Waals surface area (Å²) in [4.78, 5) is 38.1. The molecule has 2 heterocycles. The van der Waals surface area contributed by atoms with Gasteiger partial charge in [-0.3, -0.25) is 0 Å². The highest BCUT2D eigenvalue weighted by Crippen LogP contribution is 2.30. The van der Waals surface area contributed by atoms with Crippen LogP contribution in [-0.2, 0) is 30.4 Å². The van der Waals surface area contributed by atoms with Gasteiger partial charge in [-0.1, -0.05) is 6.08 Å². The molecule has 0 bridgehead atoms. The molecule has 2 aromatic rings. The minimum Gasteiger partial charge on any atom is -0.465 e. The van der Waals surface area contributed by atoms with Crippen LogP contribution in [0.2, 0.25) is 0 Å². The molecule has 29 heavy (non-hydrogen) atoms. The lowest BCUT2D eigenvalue weighted by molar-refractivity contribution is -0.139. The number of allylic oxidation sites excluding steroid dienone is 2. The number of hydrogen-bond acceptors (Lipinski definition) is 8. The molecule has 8 heteroatoms. The van der Waals surface area contributed by atoms with Crippen molar-refractivity contribution in [2.24, 2.45) is 0 Å². The lowest BCUT2D eigenvalue weighted by Gasteiger charge is -2.23. The summed E-state index contributed by atoms with van der Waals surface area (Å²) in [7, 11) is 3.98. The second kappa shape index (κ2) is 8.57. The molecular formula is C21H19NO7. The van der Waals surface area contributed by atoms with E-state index in [1.807, 2.05) is 0 Å². The third-order valence-corrected chi connectivity index (χ3v) is 4.28. The summed E-state index contributed by atoms with van der Waals surface area (Å²) >= 11 is 0. The fraction of sp³-hybridized carbons (Fsp3) is 0.190. The highest BCUT2D eigenvalue weighted by Gasteiger charge is 2.27. The van der Waals surface area contributed by atoms with E-state index in [-0.39, 0.29) is 17.9 Å². The molecule has 8 nitrogen and oxygen atoms in total. The van der Waals surface area contributed by atoms with Gasteiger partial charge in [0.1, 0.15) is 11.3 Å². The maximum atomic E-state index is 12.5. The Bertz CT molecular complexity index is 1110. The zero-order valence-corrected chi connectivity index (χ0v) is 16.1. The number of carbonyl (C=O) groups is 2. The summed E-state index contributed by atoms with van der Waals surface area (Å²) in [6.45, 7) is 0.245. The number of carbonyl (C=O) groups excluding carboxylic acids is 2. The maximum absolute atomic E-state index is 12.5. The molecular weight excluding hydrogens is 378 g/mol. The first-order valence-electron chi connectivity index (χ1n) is 8.61. The Labute approximate surface area is 166 Å². The molecule has 0 unspecified atom stereocenters. The smallest absolute Gasteiger partial charge is 0.355 e. The summed E-state index contributed by atoms with van der Waals surface area (Å²) in [5, 5.41) is 0.698. The number of fused-ring (bicyclic) bond motifs is 1. The molecule has 0 aliphatic carbocycles. The monoisotopic (exact) mass is 397 g/mol. The first kappa shape index (κ1) is 20.1. The lowest BCUT2D eigenvalue weighted by atomic mass is 10.1. The lowest BCUT2D eigenvalue weighted by Crippen LogP contribution is -2.27. The molecule has 0 saturated heterocycles. The predicted molar refractivity (Wildman–Crippen MR) is 105 cm³/mol. The van der Waals surface area contributed by atoms with Crippen LogP contribution < -0.4 is 10.5 Å². The molecule has 0 fully saturated rings. The van der Waals surface area contributed by atoms with Gasteiger partial charge < -0.3 is 23.5 Å². The second-order valence-corrected chi connectivity index (χ2v) is 6.02. The average molecular weight is 397 g/mol. The number of benzene rings is 1. The van der Waals surface area contributed by atoms with Crippen molar-refractivity contribution in [1.82, 2.24) is 0 Å². The van der Waals surface area contributed by atoms with Gasteiger partial charge in [0, 0.05) is 36.5 Å². The first-order chi connectivity index (χ1) is 14.0. The number of hydrogen-bond donors (Lipinski definition) is 0. The first-order valence-corrected chi connectivity index (χ1v) is 8.61. The van der Waals surface area contributed by atoms with Gasteiger partial charge in [0.25, 0.3) is 0 Å². The minimum absolute atomic E-state index is 0.0269. The van der Waals surface area contributed by atoms with Crippen molar-refractivity contribution >= 4 is 28.6 Å². The van der Waals surface area contributed by atoms with E-state index < -0.39 is 17.6 Å². The zero-order valence-electron chi connectivity index (χ0n) is 16.1. The molecule has 1 aromatic heterocycles. The Hall–Kier alpha value is -3.65. The average Bonchev–Trinajstić information content (AvgIpc) is 2.95. The molecule has 0 saturated carbocycles. The SMILES string of the molecule is COCc1cc(=O)oc2cc(N3C=CC=CC(C(=O)OC)=C3C(=O)OC)ccc12. The predicted octanol–water partition coefficient (Wildman–Crippen LogP) is 2.43. The molecule has 0 amide bonds. The van der Waals surface area contributed by atoms with Crippen molar-refractivity contribution in [3.05, 3.63) is 75.9 Å². The van der Waals surface area contributed by atoms with Crippen LogP contribution in [0.25, 0.3) is 11.0 Å². The van der Waals surface area contributed by atoms with Crippen LogP contribution in [-0.4, -0.2) is 33.3 Å². The zero-order chi connectivity index (χ0) is 21.0. The van der Waals surface area contributed by atoms with Crippen LogP contribution in [0.5, 0.6) is 0 Å². The highest BCUT2D eigenvalue weighted by molar-refractivity contribution is 6.05. The van der Waals surface area contributed by atoms with E-state index in [1.54, 1.807) is 36.6 Å². The van der Waals surface area contributed by atoms with E-state index >= 15 is 0 Å². The number of rotatable bonds is 5. The van der Waals surface area contributed by atoms with Gasteiger partial charge in [0.15, 0.2) is 0 Å². The standard InChI is InChI=1S/C21H19NO7/c1-26-12-13-10-18(23)29-17-11-14(7-8-15(13)17)22-9-5-4-6-16(20(24)27-2)19(22)21(25)28-3/h4-11H,12H2,1-3H3. The van der Waals surface area contributed by atoms with Crippen molar-refractivity contribution in [2.45, 2.75) is 6.61 Å². The summed E-state index contributed by atoms with van der Waals surface area (Å²) < 4.78 is 20.1. The number of ether oxygens (including phenoxy) is 3. The molecule has 1 aromatic carbocycles. The van der Waals surface area contributed by atoms with Crippen LogP contribution in [0.4, 0.5) is 5.69 Å². The van der Waals surface area contributed by atoms with Gasteiger partial charge in [-0.15, -0.1) is 0 Å². The molecule has 0 N–H and O–H groups in total. The Morgan fingerprint density at radius 2 is 1.79 bits per heavy atom. The number of methoxy groups -OCH3 is 3. The Balaban J connectivity index is 2.21. The summed E-state index contributed by atoms with van der Waals surface area (Å²) in [5.74, 6) is -1.42. The normalized spacial score (nSPS) is 13.6. The van der Waals surface area contributed by atoms with E-state index in [4.69, 9.17) is 18.6 Å². The molecule has 150 valence electrons. The van der Waals surface area contributed by atoms with Crippen LogP contribution >= 0.6 is 0 Å². The van der Waals surface area contributed by atoms with Gasteiger partial charge in [-0.2, -0.15) is 0 Å². The van der Waals surface area contributed by atoms with Crippen LogP contribution in [0, 0.1) is 0 Å². The summed E-state index contributed by atoms with van der Waals surface area (Å²) in [6, 6.07) is 6.45. The van der Waals surface area contributed by atoms with Crippen LogP contribution in [0.15, 0.2) is 69.2 Å². The van der Waals surface area contributed by atoms with Gasteiger partial charge in [-0.25, -0.2) is 14.4 Å². The molecule has 0 atom stereocenters. The van der Waals surface area contributed by atoms with Crippen molar-refractivity contribution in [3.8, 4) is 0 Å². The third-order valence-electron chi connectivity index (χ3n) is 4.28. The Morgan fingerprint density at radius 3 is 2.48 bits per heavy atom. The minimum atomic E-state index is -0.726. The quantitative estimate of drug-likeness (QED) is 0.561. The second-order valence-electron chi connectivity index (χ2n) is 6.02. The van der Waals surface area contributed by atoms with Crippen molar-refractivity contribution in [1.29, 1.82) is 0 Å². The summed E-state index contributed by atoms with van der Waals surface area (Å²) in [6.07, 6.45) is 6.32. The van der Waals surface area contributed by atoms with Crippen molar-refractivity contribution in [2.75, 3.05) is 26.2 Å². The van der Waals surface area contributed by atoms with E-state index in [2.05, 4.69) is 0 Å². The van der Waals surface area contributed by atoms with Gasteiger partial charge >= 0.3 is 17.6 Å². The highest BCUT2D eigenvalue weighted by atomic mass is 16.5. The van der Waals surface area contributed by atoms with E-state index in [0.717, 1.165) is 0 Å². The van der Waals surface area contributed by atoms with E-state index in [0.29, 0.717) is 22.2 Å². The van der Waals surface area contributed by atoms with E-state index in [9.17, 15) is 14.4 Å². The van der Waals surface area contributed by atoms with Gasteiger partial charge in [0.05, 0.1) is 26.4 Å². The van der Waals surface area contributed by atoms with Crippen molar-refractivity contribution in [3.63, 3.8) is 0 Å². The fourth-order valence-corrected chi connectivity index (χ4v) is 3.01. The maximum Gasteiger partial charge on any atom is 0.355 e. The molecule has 1 aliphatic rings. The van der Waals surface area contributed by atoms with Gasteiger partial charge in [0.2, 0.25) is 0 Å². The molecule has 3 rings (SSSR count). The largest absolute Gasteiger partial charge is 0.465 e. The number of anilines is 1. The summed E-state index contributed by atoms with van der Waals surface area (Å²) in [5.41, 5.74) is 0.956. The topological polar surface area (TPSA) is 95.3 Å². The fourth-order valence-electron chi connectivity index (χ4n) is 3.01. The van der Waals surface area contributed by atoms with Crippen LogP contribution in [0.1, 0.15) is 5.56 Å².